The Bertz CT molecular complexity index is 315. The molecule has 16 heavy (non-hydrogen) atoms. The lowest BCUT2D eigenvalue weighted by molar-refractivity contribution is 0.461. The number of aromatic nitrogens is 2. The number of nitrogens with one attached hydrogen (secondary N) is 1. The van der Waals surface area contributed by atoms with Crippen LogP contribution < -0.4 is 5.32 Å². The lowest BCUT2D eigenvalue weighted by atomic mass is 10.0. The molecular formula is C13H23N3. The molecule has 3 heteroatoms. The van der Waals surface area contributed by atoms with Crippen molar-refractivity contribution in [1.29, 1.82) is 0 Å². The minimum atomic E-state index is 0.792. The van der Waals surface area contributed by atoms with Crippen molar-refractivity contribution in [1.82, 2.24) is 14.9 Å². The third-order valence-electron chi connectivity index (χ3n) is 3.35. The first-order chi connectivity index (χ1) is 7.75. The van der Waals surface area contributed by atoms with E-state index in [2.05, 4.69) is 28.8 Å². The van der Waals surface area contributed by atoms with E-state index >= 15 is 0 Å². The molecule has 0 bridgehead atoms. The maximum atomic E-state index is 4.34. The van der Waals surface area contributed by atoms with Gasteiger partial charge in [0.25, 0.3) is 0 Å². The second-order valence-electron chi connectivity index (χ2n) is 5.13. The van der Waals surface area contributed by atoms with Gasteiger partial charge in [0.05, 0.1) is 0 Å². The fraction of sp³-hybridized carbons (Fsp3) is 0.769. The fourth-order valence-corrected chi connectivity index (χ4v) is 2.00. The molecular weight excluding hydrogens is 198 g/mol. The van der Waals surface area contributed by atoms with E-state index in [0.29, 0.717) is 0 Å². The molecule has 0 spiro atoms. The monoisotopic (exact) mass is 221 g/mol. The molecule has 0 amide bonds. The van der Waals surface area contributed by atoms with Crippen molar-refractivity contribution >= 4 is 0 Å². The highest BCUT2D eigenvalue weighted by Crippen LogP contribution is 2.19. The molecule has 1 atom stereocenters. The van der Waals surface area contributed by atoms with Crippen molar-refractivity contribution in [3.63, 3.8) is 0 Å². The molecule has 1 heterocycles. The summed E-state index contributed by atoms with van der Waals surface area (Å²) in [4.78, 5) is 4.34. The highest BCUT2D eigenvalue weighted by molar-refractivity contribution is 4.91. The van der Waals surface area contributed by atoms with E-state index in [1.807, 2.05) is 12.4 Å². The lowest BCUT2D eigenvalue weighted by Gasteiger charge is -2.11. The van der Waals surface area contributed by atoms with Gasteiger partial charge in [0.1, 0.15) is 5.82 Å². The van der Waals surface area contributed by atoms with E-state index < -0.39 is 0 Å². The van der Waals surface area contributed by atoms with E-state index in [1.54, 1.807) is 0 Å². The Balaban J connectivity index is 1.57. The lowest BCUT2D eigenvalue weighted by Crippen LogP contribution is -2.23. The SMILES string of the molecule is CC(CCCc1nccn1C)CNC1CC1. The average Bonchev–Trinajstić information content (AvgIpc) is 3.01. The molecule has 0 saturated heterocycles. The van der Waals surface area contributed by atoms with Gasteiger partial charge in [-0.2, -0.15) is 0 Å². The predicted octanol–water partition coefficient (Wildman–Crippen LogP) is 2.13. The molecule has 1 saturated carbocycles. The molecule has 1 unspecified atom stereocenters. The number of hydrogen-bond acceptors (Lipinski definition) is 2. The van der Waals surface area contributed by atoms with Gasteiger partial charge >= 0.3 is 0 Å². The summed E-state index contributed by atoms with van der Waals surface area (Å²) >= 11 is 0. The van der Waals surface area contributed by atoms with Crippen LogP contribution in [0.2, 0.25) is 0 Å². The van der Waals surface area contributed by atoms with E-state index in [0.717, 1.165) is 18.4 Å². The molecule has 1 aromatic rings. The summed E-state index contributed by atoms with van der Waals surface area (Å²) in [6.07, 6.45) is 10.3. The highest BCUT2D eigenvalue weighted by atomic mass is 15.0. The number of nitrogens with zero attached hydrogens (tertiary/aromatic N) is 2. The number of rotatable bonds is 7. The quantitative estimate of drug-likeness (QED) is 0.764. The van der Waals surface area contributed by atoms with Crippen molar-refractivity contribution in [3.05, 3.63) is 18.2 Å². The van der Waals surface area contributed by atoms with Gasteiger partial charge in [-0.3, -0.25) is 0 Å². The molecule has 0 aliphatic heterocycles. The Kier molecular flexibility index (Phi) is 3.99. The maximum absolute atomic E-state index is 4.34. The Morgan fingerprint density at radius 1 is 1.56 bits per heavy atom. The van der Waals surface area contributed by atoms with Gasteiger partial charge in [0, 0.05) is 31.9 Å². The minimum Gasteiger partial charge on any atom is -0.338 e. The molecule has 3 nitrogen and oxygen atoms in total. The number of imidazole rings is 1. The summed E-state index contributed by atoms with van der Waals surface area (Å²) in [7, 11) is 2.07. The zero-order chi connectivity index (χ0) is 11.4. The molecule has 2 rings (SSSR count). The van der Waals surface area contributed by atoms with Gasteiger partial charge in [0.15, 0.2) is 0 Å². The molecule has 0 radical (unpaired) electrons. The van der Waals surface area contributed by atoms with Crippen LogP contribution in [0.1, 0.15) is 38.4 Å². The van der Waals surface area contributed by atoms with Crippen LogP contribution in [0.3, 0.4) is 0 Å². The normalized spacial score (nSPS) is 17.6. The summed E-state index contributed by atoms with van der Waals surface area (Å²) in [6, 6.07) is 0.844. The smallest absolute Gasteiger partial charge is 0.108 e. The number of hydrogen-bond donors (Lipinski definition) is 1. The zero-order valence-corrected chi connectivity index (χ0v) is 10.4. The van der Waals surface area contributed by atoms with Crippen LogP contribution in [0.25, 0.3) is 0 Å². The van der Waals surface area contributed by atoms with Crippen molar-refractivity contribution in [2.75, 3.05) is 6.54 Å². The van der Waals surface area contributed by atoms with Crippen molar-refractivity contribution in [3.8, 4) is 0 Å². The first kappa shape index (κ1) is 11.6. The van der Waals surface area contributed by atoms with Crippen LogP contribution in [-0.2, 0) is 13.5 Å². The summed E-state index contributed by atoms with van der Waals surface area (Å²) in [5, 5.41) is 3.59. The van der Waals surface area contributed by atoms with E-state index in [9.17, 15) is 0 Å². The Morgan fingerprint density at radius 3 is 3.00 bits per heavy atom. The second-order valence-corrected chi connectivity index (χ2v) is 5.13. The first-order valence-corrected chi connectivity index (χ1v) is 6.45. The molecule has 1 N–H and O–H groups in total. The van der Waals surface area contributed by atoms with Gasteiger partial charge in [-0.1, -0.05) is 6.92 Å². The summed E-state index contributed by atoms with van der Waals surface area (Å²) in [6.45, 7) is 3.53. The third kappa shape index (κ3) is 3.63. The van der Waals surface area contributed by atoms with Gasteiger partial charge in [-0.15, -0.1) is 0 Å². The first-order valence-electron chi connectivity index (χ1n) is 6.45. The fourth-order valence-electron chi connectivity index (χ4n) is 2.00. The summed E-state index contributed by atoms with van der Waals surface area (Å²) in [5.74, 6) is 2.00. The highest BCUT2D eigenvalue weighted by Gasteiger charge is 2.20. The van der Waals surface area contributed by atoms with Crippen molar-refractivity contribution in [2.45, 2.75) is 45.1 Å². The van der Waals surface area contributed by atoms with E-state index in [1.165, 1.54) is 38.1 Å². The van der Waals surface area contributed by atoms with E-state index in [-0.39, 0.29) is 0 Å². The second kappa shape index (κ2) is 5.48. The summed E-state index contributed by atoms with van der Waals surface area (Å²) < 4.78 is 2.12. The molecule has 0 aromatic carbocycles. The topological polar surface area (TPSA) is 29.9 Å². The molecule has 1 aliphatic carbocycles. The van der Waals surface area contributed by atoms with Gasteiger partial charge in [-0.25, -0.2) is 4.98 Å². The van der Waals surface area contributed by atoms with Crippen LogP contribution in [0, 0.1) is 5.92 Å². The third-order valence-corrected chi connectivity index (χ3v) is 3.35. The average molecular weight is 221 g/mol. The Morgan fingerprint density at radius 2 is 2.38 bits per heavy atom. The van der Waals surface area contributed by atoms with Crippen molar-refractivity contribution < 1.29 is 0 Å². The minimum absolute atomic E-state index is 0.792. The molecule has 90 valence electrons. The van der Waals surface area contributed by atoms with Gasteiger partial charge in [0.2, 0.25) is 0 Å². The zero-order valence-electron chi connectivity index (χ0n) is 10.4. The van der Waals surface area contributed by atoms with Crippen LogP contribution in [0.4, 0.5) is 0 Å². The Labute approximate surface area is 98.3 Å². The van der Waals surface area contributed by atoms with Gasteiger partial charge < -0.3 is 9.88 Å². The van der Waals surface area contributed by atoms with E-state index in [4.69, 9.17) is 0 Å². The van der Waals surface area contributed by atoms with Gasteiger partial charge in [-0.05, 0) is 38.1 Å². The molecule has 1 aliphatic rings. The largest absolute Gasteiger partial charge is 0.338 e. The van der Waals surface area contributed by atoms with Crippen molar-refractivity contribution in [2.24, 2.45) is 13.0 Å². The summed E-state index contributed by atoms with van der Waals surface area (Å²) in [5.41, 5.74) is 0. The number of aryl methyl sites for hydroxylation is 2. The van der Waals surface area contributed by atoms with Crippen LogP contribution in [-0.4, -0.2) is 22.1 Å². The van der Waals surface area contributed by atoms with Crippen LogP contribution >= 0.6 is 0 Å². The molecule has 1 aromatic heterocycles. The standard InChI is InChI=1S/C13H23N3/c1-11(10-15-12-6-7-12)4-3-5-13-14-8-9-16(13)2/h8-9,11-12,15H,3-7,10H2,1-2H3. The Hall–Kier alpha value is -0.830. The van der Waals surface area contributed by atoms with Crippen LogP contribution in [0.15, 0.2) is 12.4 Å². The molecule has 1 fully saturated rings. The predicted molar refractivity (Wildman–Crippen MR) is 66.3 cm³/mol. The maximum Gasteiger partial charge on any atom is 0.108 e. The van der Waals surface area contributed by atoms with Crippen LogP contribution in [0.5, 0.6) is 0 Å².